The molecule has 1 unspecified atom stereocenters. The van der Waals surface area contributed by atoms with Gasteiger partial charge in [0.15, 0.2) is 0 Å². The van der Waals surface area contributed by atoms with Crippen LogP contribution in [0.4, 0.5) is 0 Å². The lowest BCUT2D eigenvalue weighted by molar-refractivity contribution is 0.0846. The van der Waals surface area contributed by atoms with Crippen molar-refractivity contribution < 1.29 is 13.2 Å². The van der Waals surface area contributed by atoms with Crippen LogP contribution in [0.25, 0.3) is 0 Å². The van der Waals surface area contributed by atoms with E-state index in [-0.39, 0.29) is 6.23 Å². The Morgan fingerprint density at radius 2 is 2.06 bits per heavy atom. The predicted octanol–water partition coefficient (Wildman–Crippen LogP) is 1.54. The first kappa shape index (κ1) is 12.1. The lowest BCUT2D eigenvalue weighted by atomic mass is 10.1. The molecule has 1 fully saturated rings. The van der Waals surface area contributed by atoms with E-state index in [0.717, 1.165) is 19.3 Å². The molecular formula is C13H17NO3S. The molecule has 3 rings (SSSR count). The van der Waals surface area contributed by atoms with E-state index in [1.165, 1.54) is 15.4 Å². The topological polar surface area (TPSA) is 46.6 Å². The number of aryl methyl sites for hydroxylation is 2. The second kappa shape index (κ2) is 4.33. The predicted molar refractivity (Wildman–Crippen MR) is 67.8 cm³/mol. The Morgan fingerprint density at radius 3 is 2.78 bits per heavy atom. The van der Waals surface area contributed by atoms with Crippen LogP contribution in [0, 0.1) is 0 Å². The van der Waals surface area contributed by atoms with Crippen molar-refractivity contribution in [2.45, 2.75) is 37.3 Å². The van der Waals surface area contributed by atoms with Crippen LogP contribution in [0.2, 0.25) is 0 Å². The molecule has 0 saturated carbocycles. The molecule has 1 aliphatic heterocycles. The van der Waals surface area contributed by atoms with Gasteiger partial charge < -0.3 is 4.74 Å². The van der Waals surface area contributed by atoms with E-state index in [4.69, 9.17) is 4.74 Å². The first-order chi connectivity index (χ1) is 8.59. The summed E-state index contributed by atoms with van der Waals surface area (Å²) in [5.41, 5.74) is 2.48. The summed E-state index contributed by atoms with van der Waals surface area (Å²) in [6, 6.07) is 5.52. The Hall–Kier alpha value is -0.910. The van der Waals surface area contributed by atoms with Gasteiger partial charge in [0.25, 0.3) is 0 Å². The van der Waals surface area contributed by atoms with Crippen molar-refractivity contribution in [2.75, 3.05) is 13.2 Å². The van der Waals surface area contributed by atoms with Crippen molar-refractivity contribution in [2.24, 2.45) is 0 Å². The highest BCUT2D eigenvalue weighted by Gasteiger charge is 2.33. The van der Waals surface area contributed by atoms with Crippen LogP contribution >= 0.6 is 0 Å². The van der Waals surface area contributed by atoms with E-state index >= 15 is 0 Å². The summed E-state index contributed by atoms with van der Waals surface area (Å²) in [7, 11) is -3.40. The molecule has 1 aliphatic carbocycles. The van der Waals surface area contributed by atoms with Crippen LogP contribution in [0.5, 0.6) is 0 Å². The number of sulfonamides is 1. The molecule has 1 atom stereocenters. The number of hydrogen-bond acceptors (Lipinski definition) is 3. The summed E-state index contributed by atoms with van der Waals surface area (Å²) in [5, 5.41) is 0. The van der Waals surface area contributed by atoms with Crippen LogP contribution < -0.4 is 0 Å². The zero-order valence-corrected chi connectivity index (χ0v) is 11.2. The van der Waals surface area contributed by atoms with Gasteiger partial charge in [-0.25, -0.2) is 8.42 Å². The monoisotopic (exact) mass is 267 g/mol. The quantitative estimate of drug-likeness (QED) is 0.816. The number of rotatable bonds is 2. The van der Waals surface area contributed by atoms with Crippen LogP contribution in [0.1, 0.15) is 24.5 Å². The van der Waals surface area contributed by atoms with Gasteiger partial charge in [0.2, 0.25) is 10.0 Å². The third-order valence-electron chi connectivity index (χ3n) is 3.75. The van der Waals surface area contributed by atoms with Crippen LogP contribution in [0.15, 0.2) is 23.1 Å². The molecule has 0 bridgehead atoms. The first-order valence-electron chi connectivity index (χ1n) is 6.34. The largest absolute Gasteiger partial charge is 0.361 e. The Balaban J connectivity index is 1.99. The first-order valence-corrected chi connectivity index (χ1v) is 7.78. The van der Waals surface area contributed by atoms with E-state index in [9.17, 15) is 8.42 Å². The van der Waals surface area contributed by atoms with Gasteiger partial charge in [0, 0.05) is 6.54 Å². The van der Waals surface area contributed by atoms with Gasteiger partial charge in [-0.15, -0.1) is 0 Å². The molecule has 0 amide bonds. The summed E-state index contributed by atoms with van der Waals surface area (Å²) < 4.78 is 31.7. The standard InChI is InChI=1S/C13H17NO3S/c1-10-14(7-8-17-10)18(15,16)13-6-5-11-3-2-4-12(11)9-13/h5-6,9-10H,2-4,7-8H2,1H3. The Labute approximate surface area is 108 Å². The zero-order chi connectivity index (χ0) is 12.8. The summed E-state index contributed by atoms with van der Waals surface area (Å²) in [4.78, 5) is 0.403. The van der Waals surface area contributed by atoms with E-state index < -0.39 is 10.0 Å². The number of ether oxygens (including phenoxy) is 1. The number of fused-ring (bicyclic) bond motifs is 1. The average molecular weight is 267 g/mol. The molecule has 1 heterocycles. The lowest BCUT2D eigenvalue weighted by Crippen LogP contribution is -2.34. The second-order valence-corrected chi connectivity index (χ2v) is 6.76. The van der Waals surface area contributed by atoms with Crippen LogP contribution in [-0.4, -0.2) is 32.1 Å². The van der Waals surface area contributed by atoms with E-state index in [1.54, 1.807) is 13.0 Å². The van der Waals surface area contributed by atoms with Gasteiger partial charge in [0.1, 0.15) is 6.23 Å². The fraction of sp³-hybridized carbons (Fsp3) is 0.538. The Kier molecular flexibility index (Phi) is 2.92. The zero-order valence-electron chi connectivity index (χ0n) is 10.4. The van der Waals surface area contributed by atoms with Crippen molar-refractivity contribution in [1.82, 2.24) is 4.31 Å². The van der Waals surface area contributed by atoms with Gasteiger partial charge in [-0.3, -0.25) is 0 Å². The molecular weight excluding hydrogens is 250 g/mol. The molecule has 18 heavy (non-hydrogen) atoms. The molecule has 0 radical (unpaired) electrons. The molecule has 98 valence electrons. The fourth-order valence-corrected chi connectivity index (χ4v) is 4.31. The smallest absolute Gasteiger partial charge is 0.245 e. The number of hydrogen-bond donors (Lipinski definition) is 0. The van der Waals surface area contributed by atoms with E-state index in [0.29, 0.717) is 18.0 Å². The molecule has 0 N–H and O–H groups in total. The van der Waals surface area contributed by atoms with Crippen molar-refractivity contribution >= 4 is 10.0 Å². The minimum Gasteiger partial charge on any atom is -0.361 e. The molecule has 1 saturated heterocycles. The summed E-state index contributed by atoms with van der Waals surface area (Å²) >= 11 is 0. The number of benzene rings is 1. The maximum absolute atomic E-state index is 12.5. The Morgan fingerprint density at radius 1 is 1.28 bits per heavy atom. The molecule has 1 aromatic rings. The lowest BCUT2D eigenvalue weighted by Gasteiger charge is -2.19. The van der Waals surface area contributed by atoms with Crippen LogP contribution in [0.3, 0.4) is 0 Å². The SMILES string of the molecule is CC1OCCN1S(=O)(=O)c1ccc2c(c1)CCC2. The van der Waals surface area contributed by atoms with Crippen molar-refractivity contribution in [3.63, 3.8) is 0 Å². The molecule has 1 aromatic carbocycles. The van der Waals surface area contributed by atoms with Gasteiger partial charge in [-0.05, 0) is 49.4 Å². The minimum absolute atomic E-state index is 0.358. The fourth-order valence-electron chi connectivity index (χ4n) is 2.74. The summed E-state index contributed by atoms with van der Waals surface area (Å²) in [6.45, 7) is 2.70. The van der Waals surface area contributed by atoms with Crippen LogP contribution in [-0.2, 0) is 27.6 Å². The van der Waals surface area contributed by atoms with Gasteiger partial charge >= 0.3 is 0 Å². The van der Waals surface area contributed by atoms with E-state index in [2.05, 4.69) is 0 Å². The van der Waals surface area contributed by atoms with E-state index in [1.807, 2.05) is 12.1 Å². The average Bonchev–Trinajstić information content (AvgIpc) is 2.95. The van der Waals surface area contributed by atoms with Gasteiger partial charge in [-0.1, -0.05) is 6.07 Å². The number of nitrogens with zero attached hydrogens (tertiary/aromatic N) is 1. The van der Waals surface area contributed by atoms with Gasteiger partial charge in [-0.2, -0.15) is 4.31 Å². The maximum Gasteiger partial charge on any atom is 0.245 e. The molecule has 5 heteroatoms. The third kappa shape index (κ3) is 1.86. The highest BCUT2D eigenvalue weighted by Crippen LogP contribution is 2.28. The van der Waals surface area contributed by atoms with Crippen molar-refractivity contribution in [3.8, 4) is 0 Å². The highest BCUT2D eigenvalue weighted by molar-refractivity contribution is 7.89. The molecule has 0 aromatic heterocycles. The minimum atomic E-state index is -3.40. The Bertz CT molecular complexity index is 568. The van der Waals surface area contributed by atoms with Crippen molar-refractivity contribution in [1.29, 1.82) is 0 Å². The molecule has 2 aliphatic rings. The molecule has 0 spiro atoms. The van der Waals surface area contributed by atoms with Crippen molar-refractivity contribution in [3.05, 3.63) is 29.3 Å². The van der Waals surface area contributed by atoms with Gasteiger partial charge in [0.05, 0.1) is 11.5 Å². The normalized spacial score (nSPS) is 24.4. The maximum atomic E-state index is 12.5. The summed E-state index contributed by atoms with van der Waals surface area (Å²) in [5.74, 6) is 0. The summed E-state index contributed by atoms with van der Waals surface area (Å²) in [6.07, 6.45) is 2.83. The second-order valence-electron chi connectivity index (χ2n) is 4.87. The molecule has 4 nitrogen and oxygen atoms in total. The highest BCUT2D eigenvalue weighted by atomic mass is 32.2. The third-order valence-corrected chi connectivity index (χ3v) is 5.70.